The second kappa shape index (κ2) is 13.4. The van der Waals surface area contributed by atoms with Crippen LogP contribution in [0.15, 0.2) is 221 Å². The third kappa shape index (κ3) is 5.36. The molecule has 0 aliphatic rings. The van der Waals surface area contributed by atoms with E-state index in [9.17, 15) is 0 Å². The lowest BCUT2D eigenvalue weighted by Gasteiger charge is -2.26. The van der Waals surface area contributed by atoms with Crippen molar-refractivity contribution in [1.29, 1.82) is 0 Å². The van der Waals surface area contributed by atoms with Crippen LogP contribution >= 0.6 is 0 Å². The first-order valence-electron chi connectivity index (χ1n) is 20.1. The Morgan fingerprint density at radius 3 is 1.64 bits per heavy atom. The number of benzene rings is 10. The number of hydrogen-bond donors (Lipinski definition) is 0. The van der Waals surface area contributed by atoms with Crippen LogP contribution in [0.2, 0.25) is 0 Å². The third-order valence-electron chi connectivity index (χ3n) is 11.9. The van der Waals surface area contributed by atoms with Crippen molar-refractivity contribution in [2.75, 3.05) is 4.90 Å². The minimum Gasteiger partial charge on any atom is -0.456 e. The summed E-state index contributed by atoms with van der Waals surface area (Å²) in [5.74, 6) is 0.856. The van der Waals surface area contributed by atoms with Crippen molar-refractivity contribution in [1.82, 2.24) is 0 Å². The maximum absolute atomic E-state index is 7.07. The van der Waals surface area contributed by atoms with Gasteiger partial charge in [0.15, 0.2) is 0 Å². The van der Waals surface area contributed by atoms with Gasteiger partial charge < -0.3 is 13.7 Å². The van der Waals surface area contributed by atoms with Gasteiger partial charge in [-0.25, -0.2) is 0 Å². The summed E-state index contributed by atoms with van der Waals surface area (Å²) in [7, 11) is 0. The van der Waals surface area contributed by atoms with Crippen molar-refractivity contribution < 1.29 is 8.83 Å². The van der Waals surface area contributed by atoms with Crippen molar-refractivity contribution >= 4 is 82.3 Å². The van der Waals surface area contributed by atoms with Crippen LogP contribution in [0.4, 0.5) is 17.1 Å². The number of anilines is 3. The zero-order valence-corrected chi connectivity index (χ0v) is 32.0. The first-order valence-corrected chi connectivity index (χ1v) is 20.1. The van der Waals surface area contributed by atoms with Crippen LogP contribution in [-0.4, -0.2) is 0 Å². The van der Waals surface area contributed by atoms with E-state index < -0.39 is 0 Å². The van der Waals surface area contributed by atoms with Crippen LogP contribution in [0.1, 0.15) is 0 Å². The fourth-order valence-corrected chi connectivity index (χ4v) is 9.14. The highest BCUT2D eigenvalue weighted by Gasteiger charge is 2.23. The van der Waals surface area contributed by atoms with E-state index in [1.807, 2.05) is 12.1 Å². The summed E-state index contributed by atoms with van der Waals surface area (Å²) in [5, 5.41) is 10.5. The van der Waals surface area contributed by atoms with Gasteiger partial charge >= 0.3 is 0 Å². The van der Waals surface area contributed by atoms with Gasteiger partial charge in [-0.1, -0.05) is 152 Å². The van der Waals surface area contributed by atoms with Crippen molar-refractivity contribution in [3.63, 3.8) is 0 Å². The molecule has 10 aromatic carbocycles. The molecule has 59 heavy (non-hydrogen) atoms. The second-order valence-electron chi connectivity index (χ2n) is 15.2. The molecule has 0 atom stereocenters. The highest BCUT2D eigenvalue weighted by Crippen LogP contribution is 2.48. The Morgan fingerprint density at radius 1 is 0.322 bits per heavy atom. The summed E-state index contributed by atoms with van der Waals surface area (Å²) in [6.07, 6.45) is 0. The Kier molecular flexibility index (Phi) is 7.54. The van der Waals surface area contributed by atoms with Crippen LogP contribution in [0.5, 0.6) is 0 Å². The predicted octanol–water partition coefficient (Wildman–Crippen LogP) is 16.3. The standard InChI is InChI=1S/C56H35NO2/c1-2-14-38(15-3-1)53-54-49-21-8-6-18-45(49)46-19-7-9-22-50(46)56(54)59-55(53)39-27-31-41(32-28-39)57(42-33-34-48-47-20-10-11-24-51(47)58-52(48)35-42)40-29-25-37(26-30-40)44-23-12-16-36-13-4-5-17-43(36)44/h1-35H. The van der Waals surface area contributed by atoms with Crippen LogP contribution in [0.25, 0.3) is 98.8 Å². The molecule has 2 heterocycles. The topological polar surface area (TPSA) is 29.5 Å². The van der Waals surface area contributed by atoms with E-state index in [0.29, 0.717) is 0 Å². The molecule has 0 amide bonds. The second-order valence-corrected chi connectivity index (χ2v) is 15.2. The van der Waals surface area contributed by atoms with Crippen molar-refractivity contribution in [2.24, 2.45) is 0 Å². The fraction of sp³-hybridized carbons (Fsp3) is 0. The SMILES string of the molecule is c1ccc(-c2c(-c3ccc(N(c4ccc(-c5cccc6ccccc56)cc4)c4ccc5c(c4)oc4ccccc45)cc3)oc3c4ccccc4c4ccccc4c23)cc1. The lowest BCUT2D eigenvalue weighted by Crippen LogP contribution is -2.09. The molecule has 12 rings (SSSR count). The molecule has 3 nitrogen and oxygen atoms in total. The lowest BCUT2D eigenvalue weighted by molar-refractivity contribution is 0.636. The summed E-state index contributed by atoms with van der Waals surface area (Å²) in [6.45, 7) is 0. The predicted molar refractivity (Wildman–Crippen MR) is 247 cm³/mol. The first-order chi connectivity index (χ1) is 29.3. The number of para-hydroxylation sites is 1. The molecule has 0 aliphatic carbocycles. The number of nitrogens with zero attached hydrogens (tertiary/aromatic N) is 1. The molecular formula is C56H35NO2. The van der Waals surface area contributed by atoms with Gasteiger partial charge in [0.05, 0.1) is 0 Å². The van der Waals surface area contributed by atoms with Crippen molar-refractivity contribution in [2.45, 2.75) is 0 Å². The van der Waals surface area contributed by atoms with Crippen LogP contribution in [0, 0.1) is 0 Å². The van der Waals surface area contributed by atoms with E-state index >= 15 is 0 Å². The highest BCUT2D eigenvalue weighted by atomic mass is 16.3. The average Bonchev–Trinajstić information content (AvgIpc) is 3.89. The van der Waals surface area contributed by atoms with E-state index in [1.165, 1.54) is 38.1 Å². The summed E-state index contributed by atoms with van der Waals surface area (Å²) in [5.41, 5.74) is 11.3. The summed E-state index contributed by atoms with van der Waals surface area (Å²) >= 11 is 0. The Labute approximate surface area is 340 Å². The van der Waals surface area contributed by atoms with Gasteiger partial charge in [-0.15, -0.1) is 0 Å². The molecule has 0 unspecified atom stereocenters. The monoisotopic (exact) mass is 753 g/mol. The molecule has 0 aliphatic heterocycles. The Morgan fingerprint density at radius 2 is 0.881 bits per heavy atom. The molecule has 0 N–H and O–H groups in total. The number of hydrogen-bond acceptors (Lipinski definition) is 3. The van der Waals surface area contributed by atoms with Gasteiger partial charge in [0.1, 0.15) is 22.5 Å². The number of rotatable bonds is 6. The summed E-state index contributed by atoms with van der Waals surface area (Å²) in [6, 6.07) is 75.5. The van der Waals surface area contributed by atoms with Gasteiger partial charge in [-0.3, -0.25) is 0 Å². The highest BCUT2D eigenvalue weighted by molar-refractivity contribution is 6.28. The van der Waals surface area contributed by atoms with Gasteiger partial charge in [-0.2, -0.15) is 0 Å². The first kappa shape index (κ1) is 33.3. The summed E-state index contributed by atoms with van der Waals surface area (Å²) in [4.78, 5) is 2.31. The molecule has 0 fully saturated rings. The lowest BCUT2D eigenvalue weighted by atomic mass is 9.92. The Bertz CT molecular complexity index is 3540. The molecule has 0 spiro atoms. The van der Waals surface area contributed by atoms with E-state index in [0.717, 1.165) is 77.8 Å². The summed E-state index contributed by atoms with van der Waals surface area (Å²) < 4.78 is 13.5. The normalized spacial score (nSPS) is 11.7. The molecule has 276 valence electrons. The zero-order chi connectivity index (χ0) is 38.9. The molecule has 0 saturated carbocycles. The van der Waals surface area contributed by atoms with Gasteiger partial charge in [0, 0.05) is 55.8 Å². The molecule has 12 aromatic rings. The molecule has 2 aromatic heterocycles. The number of fused-ring (bicyclic) bond motifs is 10. The van der Waals surface area contributed by atoms with E-state index in [4.69, 9.17) is 8.83 Å². The van der Waals surface area contributed by atoms with Crippen LogP contribution in [-0.2, 0) is 0 Å². The maximum atomic E-state index is 7.07. The van der Waals surface area contributed by atoms with Gasteiger partial charge in [-0.05, 0) is 98.2 Å². The third-order valence-corrected chi connectivity index (χ3v) is 11.9. The number of furan rings is 2. The molecule has 0 radical (unpaired) electrons. The zero-order valence-electron chi connectivity index (χ0n) is 32.0. The van der Waals surface area contributed by atoms with E-state index in [1.54, 1.807) is 0 Å². The van der Waals surface area contributed by atoms with Crippen LogP contribution < -0.4 is 4.90 Å². The quantitative estimate of drug-likeness (QED) is 0.158. The van der Waals surface area contributed by atoms with Gasteiger partial charge in [0.2, 0.25) is 0 Å². The minimum absolute atomic E-state index is 0.854. The van der Waals surface area contributed by atoms with Crippen molar-refractivity contribution in [3.8, 4) is 33.6 Å². The smallest absolute Gasteiger partial charge is 0.143 e. The van der Waals surface area contributed by atoms with Gasteiger partial charge in [0.25, 0.3) is 0 Å². The Hall–Kier alpha value is -7.88. The minimum atomic E-state index is 0.854. The van der Waals surface area contributed by atoms with Crippen LogP contribution in [0.3, 0.4) is 0 Å². The van der Waals surface area contributed by atoms with E-state index in [-0.39, 0.29) is 0 Å². The maximum Gasteiger partial charge on any atom is 0.143 e. The molecular weight excluding hydrogens is 719 g/mol. The van der Waals surface area contributed by atoms with Crippen molar-refractivity contribution in [3.05, 3.63) is 212 Å². The molecule has 0 saturated heterocycles. The Balaban J connectivity index is 1.03. The largest absolute Gasteiger partial charge is 0.456 e. The molecule has 3 heteroatoms. The molecule has 0 bridgehead atoms. The fourth-order valence-electron chi connectivity index (χ4n) is 9.14. The average molecular weight is 754 g/mol. The van der Waals surface area contributed by atoms with E-state index in [2.05, 4.69) is 205 Å².